The molecule has 2 atom stereocenters. The smallest absolute Gasteiger partial charge is 0.119 e. The van der Waals surface area contributed by atoms with Crippen LogP contribution in [-0.2, 0) is 0 Å². The molecule has 0 spiro atoms. The molecule has 2 unspecified atom stereocenters. The van der Waals surface area contributed by atoms with Crippen molar-refractivity contribution in [3.63, 3.8) is 0 Å². The minimum Gasteiger partial charge on any atom is -0.494 e. The topological polar surface area (TPSA) is 55.5 Å². The van der Waals surface area contributed by atoms with Crippen molar-refractivity contribution in [3.8, 4) is 5.75 Å². The summed E-state index contributed by atoms with van der Waals surface area (Å²) in [6, 6.07) is 8.15. The first-order chi connectivity index (χ1) is 8.21. The second-order valence-electron chi connectivity index (χ2n) is 4.42. The predicted octanol–water partition coefficient (Wildman–Crippen LogP) is 2.15. The molecule has 3 nitrogen and oxygen atoms in total. The molecule has 0 aliphatic heterocycles. The minimum atomic E-state index is 0.165. The molecule has 0 radical (unpaired) electrons. The van der Waals surface area contributed by atoms with Crippen molar-refractivity contribution in [2.24, 2.45) is 11.7 Å². The Morgan fingerprint density at radius 3 is 2.41 bits per heavy atom. The standard InChI is InChI=1S/C14H23NO2/c1-3-17-14-6-4-13(5-7-14)11(2)8-12(9-15)10-16/h4-7,11-12,16H,3,8-10,15H2,1-2H3. The van der Waals surface area contributed by atoms with E-state index in [-0.39, 0.29) is 12.5 Å². The van der Waals surface area contributed by atoms with Crippen molar-refractivity contribution in [1.82, 2.24) is 0 Å². The zero-order chi connectivity index (χ0) is 12.7. The number of ether oxygens (including phenoxy) is 1. The average Bonchev–Trinajstić information content (AvgIpc) is 2.37. The number of aliphatic hydroxyl groups is 1. The Bertz CT molecular complexity index is 307. The summed E-state index contributed by atoms with van der Waals surface area (Å²) in [4.78, 5) is 0. The first-order valence-electron chi connectivity index (χ1n) is 6.24. The Morgan fingerprint density at radius 1 is 1.29 bits per heavy atom. The van der Waals surface area contributed by atoms with Crippen LogP contribution >= 0.6 is 0 Å². The molecular weight excluding hydrogens is 214 g/mol. The second kappa shape index (κ2) is 7.30. The molecule has 0 fully saturated rings. The van der Waals surface area contributed by atoms with E-state index < -0.39 is 0 Å². The molecule has 96 valence electrons. The Morgan fingerprint density at radius 2 is 1.94 bits per heavy atom. The number of rotatable bonds is 7. The highest BCUT2D eigenvalue weighted by Gasteiger charge is 2.12. The van der Waals surface area contributed by atoms with Crippen LogP contribution in [-0.4, -0.2) is 24.9 Å². The summed E-state index contributed by atoms with van der Waals surface area (Å²) in [7, 11) is 0. The lowest BCUT2D eigenvalue weighted by molar-refractivity contribution is 0.217. The Labute approximate surface area is 104 Å². The first kappa shape index (κ1) is 14.0. The number of hydrogen-bond acceptors (Lipinski definition) is 3. The van der Waals surface area contributed by atoms with Crippen LogP contribution in [0.15, 0.2) is 24.3 Å². The van der Waals surface area contributed by atoms with Crippen molar-refractivity contribution in [1.29, 1.82) is 0 Å². The fraction of sp³-hybridized carbons (Fsp3) is 0.571. The summed E-state index contributed by atoms with van der Waals surface area (Å²) < 4.78 is 5.40. The lowest BCUT2D eigenvalue weighted by Crippen LogP contribution is -2.20. The van der Waals surface area contributed by atoms with E-state index >= 15 is 0 Å². The number of benzene rings is 1. The number of hydrogen-bond donors (Lipinski definition) is 2. The van der Waals surface area contributed by atoms with Crippen molar-refractivity contribution < 1.29 is 9.84 Å². The van der Waals surface area contributed by atoms with Crippen LogP contribution < -0.4 is 10.5 Å². The molecule has 0 saturated carbocycles. The Balaban J connectivity index is 2.59. The fourth-order valence-electron chi connectivity index (χ4n) is 1.94. The van der Waals surface area contributed by atoms with Gasteiger partial charge in [0, 0.05) is 6.61 Å². The molecular formula is C14H23NO2. The van der Waals surface area contributed by atoms with Crippen molar-refractivity contribution in [2.75, 3.05) is 19.8 Å². The van der Waals surface area contributed by atoms with Crippen molar-refractivity contribution in [2.45, 2.75) is 26.2 Å². The van der Waals surface area contributed by atoms with Gasteiger partial charge in [-0.25, -0.2) is 0 Å². The molecule has 0 aromatic heterocycles. The number of aliphatic hydroxyl groups excluding tert-OH is 1. The van der Waals surface area contributed by atoms with Gasteiger partial charge in [0.05, 0.1) is 6.61 Å². The van der Waals surface area contributed by atoms with E-state index in [1.807, 2.05) is 19.1 Å². The summed E-state index contributed by atoms with van der Waals surface area (Å²) in [6.45, 7) is 5.53. The maximum absolute atomic E-state index is 9.14. The molecule has 0 saturated heterocycles. The molecule has 3 heteroatoms. The highest BCUT2D eigenvalue weighted by molar-refractivity contribution is 5.29. The zero-order valence-electron chi connectivity index (χ0n) is 10.7. The van der Waals surface area contributed by atoms with Gasteiger partial charge >= 0.3 is 0 Å². The van der Waals surface area contributed by atoms with E-state index in [0.717, 1.165) is 12.2 Å². The lowest BCUT2D eigenvalue weighted by atomic mass is 9.90. The molecule has 0 heterocycles. The highest BCUT2D eigenvalue weighted by Crippen LogP contribution is 2.24. The molecule has 17 heavy (non-hydrogen) atoms. The van der Waals surface area contributed by atoms with E-state index in [9.17, 15) is 0 Å². The zero-order valence-corrected chi connectivity index (χ0v) is 10.7. The van der Waals surface area contributed by atoms with Gasteiger partial charge in [0.1, 0.15) is 5.75 Å². The largest absolute Gasteiger partial charge is 0.494 e. The third kappa shape index (κ3) is 4.36. The average molecular weight is 237 g/mol. The van der Waals surface area contributed by atoms with Gasteiger partial charge in [-0.3, -0.25) is 0 Å². The predicted molar refractivity (Wildman–Crippen MR) is 70.3 cm³/mol. The second-order valence-corrected chi connectivity index (χ2v) is 4.42. The SMILES string of the molecule is CCOc1ccc(C(C)CC(CN)CO)cc1. The van der Waals surface area contributed by atoms with Gasteiger partial charge in [-0.05, 0) is 49.4 Å². The maximum atomic E-state index is 9.14. The summed E-state index contributed by atoms with van der Waals surface area (Å²) >= 11 is 0. The Kier molecular flexibility index (Phi) is 6.01. The molecule has 0 aliphatic rings. The van der Waals surface area contributed by atoms with E-state index in [2.05, 4.69) is 19.1 Å². The molecule has 1 aromatic carbocycles. The molecule has 0 bridgehead atoms. The van der Waals surface area contributed by atoms with Gasteiger partial charge in [-0.15, -0.1) is 0 Å². The van der Waals surface area contributed by atoms with Crippen LogP contribution in [0.4, 0.5) is 0 Å². The quantitative estimate of drug-likeness (QED) is 0.764. The molecule has 1 aromatic rings. The van der Waals surface area contributed by atoms with E-state index in [0.29, 0.717) is 19.1 Å². The van der Waals surface area contributed by atoms with Crippen LogP contribution in [0.25, 0.3) is 0 Å². The molecule has 0 aliphatic carbocycles. The van der Waals surface area contributed by atoms with Crippen molar-refractivity contribution >= 4 is 0 Å². The number of nitrogens with two attached hydrogens (primary N) is 1. The van der Waals surface area contributed by atoms with E-state index in [1.54, 1.807) is 0 Å². The van der Waals surface area contributed by atoms with Crippen LogP contribution in [0, 0.1) is 5.92 Å². The van der Waals surface area contributed by atoms with Gasteiger partial charge in [0.2, 0.25) is 0 Å². The highest BCUT2D eigenvalue weighted by atomic mass is 16.5. The summed E-state index contributed by atoms with van der Waals surface area (Å²) in [6.07, 6.45) is 0.918. The van der Waals surface area contributed by atoms with Crippen LogP contribution in [0.1, 0.15) is 31.7 Å². The summed E-state index contributed by atoms with van der Waals surface area (Å²) in [5.41, 5.74) is 6.86. The summed E-state index contributed by atoms with van der Waals surface area (Å²) in [5.74, 6) is 1.50. The Hall–Kier alpha value is -1.06. The van der Waals surface area contributed by atoms with E-state index in [4.69, 9.17) is 15.6 Å². The van der Waals surface area contributed by atoms with Crippen molar-refractivity contribution in [3.05, 3.63) is 29.8 Å². The molecule has 1 rings (SSSR count). The van der Waals surface area contributed by atoms with Gasteiger partial charge < -0.3 is 15.6 Å². The molecule has 0 amide bonds. The van der Waals surface area contributed by atoms with Gasteiger partial charge in [0.25, 0.3) is 0 Å². The normalized spacial score (nSPS) is 14.4. The third-order valence-corrected chi connectivity index (χ3v) is 3.04. The summed E-state index contributed by atoms with van der Waals surface area (Å²) in [5, 5.41) is 9.14. The minimum absolute atomic E-state index is 0.165. The van der Waals surface area contributed by atoms with Gasteiger partial charge in [-0.1, -0.05) is 19.1 Å². The van der Waals surface area contributed by atoms with Gasteiger partial charge in [-0.2, -0.15) is 0 Å². The lowest BCUT2D eigenvalue weighted by Gasteiger charge is -2.18. The fourth-order valence-corrected chi connectivity index (χ4v) is 1.94. The van der Waals surface area contributed by atoms with Crippen LogP contribution in [0.3, 0.4) is 0 Å². The van der Waals surface area contributed by atoms with E-state index in [1.165, 1.54) is 5.56 Å². The third-order valence-electron chi connectivity index (χ3n) is 3.04. The molecule has 3 N–H and O–H groups in total. The van der Waals surface area contributed by atoms with Gasteiger partial charge in [0.15, 0.2) is 0 Å². The maximum Gasteiger partial charge on any atom is 0.119 e. The van der Waals surface area contributed by atoms with Crippen LogP contribution in [0.5, 0.6) is 5.75 Å². The first-order valence-corrected chi connectivity index (χ1v) is 6.24. The van der Waals surface area contributed by atoms with Crippen LogP contribution in [0.2, 0.25) is 0 Å². The monoisotopic (exact) mass is 237 g/mol.